The van der Waals surface area contributed by atoms with Gasteiger partial charge in [0.25, 0.3) is 0 Å². The summed E-state index contributed by atoms with van der Waals surface area (Å²) in [5.74, 6) is -2.97. The van der Waals surface area contributed by atoms with Gasteiger partial charge in [-0.15, -0.1) is 0 Å². The van der Waals surface area contributed by atoms with Crippen LogP contribution in [0, 0.1) is 10.4 Å². The van der Waals surface area contributed by atoms with E-state index in [0.717, 1.165) is 12.1 Å². The molecule has 170 valence electrons. The summed E-state index contributed by atoms with van der Waals surface area (Å²) in [7, 11) is 0. The van der Waals surface area contributed by atoms with Crippen molar-refractivity contribution in [2.45, 2.75) is 5.92 Å². The van der Waals surface area contributed by atoms with Crippen molar-refractivity contribution in [2.75, 3.05) is 0 Å². The van der Waals surface area contributed by atoms with E-state index >= 15 is 0 Å². The molecule has 0 radical (unpaired) electrons. The van der Waals surface area contributed by atoms with Crippen molar-refractivity contribution in [3.63, 3.8) is 0 Å². The predicted molar refractivity (Wildman–Crippen MR) is 119 cm³/mol. The molecule has 0 fully saturated rings. The molecule has 0 heterocycles. The van der Waals surface area contributed by atoms with Crippen LogP contribution < -0.4 is 10.5 Å². The lowest BCUT2D eigenvalue weighted by molar-refractivity contribution is -0.996. The van der Waals surface area contributed by atoms with Crippen molar-refractivity contribution < 1.29 is 35.3 Å². The molecule has 0 saturated carbocycles. The van der Waals surface area contributed by atoms with Crippen molar-refractivity contribution >= 4 is 45.9 Å². The molecule has 0 aliphatic heterocycles. The molecule has 4 N–H and O–H groups in total. The molecule has 0 aromatic heterocycles. The van der Waals surface area contributed by atoms with Crippen molar-refractivity contribution in [3.8, 4) is 0 Å². The van der Waals surface area contributed by atoms with Crippen LogP contribution in [-0.2, 0) is 0 Å². The third kappa shape index (κ3) is 3.16. The largest absolute Gasteiger partial charge is 0.595 e. The van der Waals surface area contributed by atoms with Gasteiger partial charge in [0, 0.05) is 22.3 Å². The van der Waals surface area contributed by atoms with Gasteiger partial charge in [-0.1, -0.05) is 60.1 Å². The Labute approximate surface area is 196 Å². The van der Waals surface area contributed by atoms with Gasteiger partial charge in [0.1, 0.15) is 5.02 Å². The van der Waals surface area contributed by atoms with Crippen LogP contribution in [-0.4, -0.2) is 27.8 Å². The van der Waals surface area contributed by atoms with Gasteiger partial charge in [-0.3, -0.25) is 14.4 Å². The minimum atomic E-state index is -1.48. The van der Waals surface area contributed by atoms with E-state index in [-0.39, 0.29) is 38.4 Å². The van der Waals surface area contributed by atoms with E-state index in [1.54, 1.807) is 30.3 Å². The Bertz CT molecular complexity index is 1410. The Morgan fingerprint density at radius 2 is 1.24 bits per heavy atom. The molecule has 2 aliphatic rings. The van der Waals surface area contributed by atoms with E-state index < -0.39 is 45.1 Å². The smallest absolute Gasteiger partial charge is 0.198 e. The molecule has 34 heavy (non-hydrogen) atoms. The topological polar surface area (TPSA) is 147 Å². The summed E-state index contributed by atoms with van der Waals surface area (Å²) in [6.07, 6.45) is 0. The quantitative estimate of drug-likeness (QED) is 0.255. The van der Waals surface area contributed by atoms with E-state index in [0.29, 0.717) is 5.56 Å². The highest BCUT2D eigenvalue weighted by Crippen LogP contribution is 2.49. The van der Waals surface area contributed by atoms with Crippen molar-refractivity contribution in [1.82, 2.24) is 0 Å². The first-order valence-electron chi connectivity index (χ1n) is 10.1. The Balaban J connectivity index is 1.84. The third-order valence-electron chi connectivity index (χ3n) is 6.08. The number of allylic oxidation sites excluding steroid dienone is 2. The third-order valence-corrected chi connectivity index (χ3v) is 6.40. The molecule has 0 saturated heterocycles. The summed E-state index contributed by atoms with van der Waals surface area (Å²) in [5.41, 5.74) is -0.151. The number of rotatable bonds is 3. The average molecular weight is 479 g/mol. The SMILES string of the molecule is O=C1C(=C2c3ccccc3C(=O)[C@H]2c2cc(Cl)c([NH+]([O-])O)cc2[NH+]([O-])O)C(=O)c2ccccc21. The lowest BCUT2D eigenvalue weighted by Crippen LogP contribution is -3.01. The molecular weight excluding hydrogens is 464 g/mol. The fraction of sp³-hybridized carbons (Fsp3) is 0.0417. The van der Waals surface area contributed by atoms with Gasteiger partial charge in [0.15, 0.2) is 28.7 Å². The number of hydrogen-bond donors (Lipinski definition) is 4. The maximum absolute atomic E-state index is 13.5. The van der Waals surface area contributed by atoms with Gasteiger partial charge in [-0.05, 0) is 17.2 Å². The van der Waals surface area contributed by atoms with Gasteiger partial charge < -0.3 is 10.4 Å². The van der Waals surface area contributed by atoms with E-state index in [2.05, 4.69) is 0 Å². The van der Waals surface area contributed by atoms with Gasteiger partial charge in [-0.25, -0.2) is 10.4 Å². The monoisotopic (exact) mass is 478 g/mol. The van der Waals surface area contributed by atoms with Gasteiger partial charge in [0.05, 0.1) is 17.6 Å². The number of quaternary nitrogens is 2. The molecule has 3 aromatic carbocycles. The van der Waals surface area contributed by atoms with E-state index in [1.807, 2.05) is 0 Å². The second kappa shape index (κ2) is 8.05. The van der Waals surface area contributed by atoms with Crippen LogP contribution in [0.4, 0.5) is 11.4 Å². The lowest BCUT2D eigenvalue weighted by Gasteiger charge is -2.23. The first-order valence-corrected chi connectivity index (χ1v) is 10.5. The predicted octanol–water partition coefficient (Wildman–Crippen LogP) is 1.96. The van der Waals surface area contributed by atoms with Crippen molar-refractivity contribution in [3.05, 3.63) is 109 Å². The maximum Gasteiger partial charge on any atom is 0.198 e. The Kier molecular flexibility index (Phi) is 5.27. The fourth-order valence-corrected chi connectivity index (χ4v) is 4.88. The molecule has 10 heteroatoms. The van der Waals surface area contributed by atoms with Crippen LogP contribution in [0.5, 0.6) is 0 Å². The highest BCUT2D eigenvalue weighted by atomic mass is 35.5. The number of benzene rings is 3. The molecule has 5 rings (SSSR count). The Morgan fingerprint density at radius 1 is 0.735 bits per heavy atom. The van der Waals surface area contributed by atoms with Crippen LogP contribution in [0.3, 0.4) is 0 Å². The molecule has 3 atom stereocenters. The zero-order valence-corrected chi connectivity index (χ0v) is 17.9. The summed E-state index contributed by atoms with van der Waals surface area (Å²) < 4.78 is 0. The average Bonchev–Trinajstić information content (AvgIpc) is 3.23. The number of carbonyl (C=O) groups is 3. The second-order valence-corrected chi connectivity index (χ2v) is 8.27. The number of nitrogens with one attached hydrogen (secondary N) is 2. The first-order chi connectivity index (χ1) is 16.2. The van der Waals surface area contributed by atoms with E-state index in [1.165, 1.54) is 18.2 Å². The summed E-state index contributed by atoms with van der Waals surface area (Å²) in [6, 6.07) is 14.7. The lowest BCUT2D eigenvalue weighted by atomic mass is 9.85. The number of carbonyl (C=O) groups excluding carboxylic acids is 3. The fourth-order valence-electron chi connectivity index (χ4n) is 4.62. The minimum absolute atomic E-state index is 0.0911. The molecule has 2 unspecified atom stereocenters. The highest BCUT2D eigenvalue weighted by Gasteiger charge is 2.46. The zero-order chi connectivity index (χ0) is 24.3. The normalized spacial score (nSPS) is 18.9. The number of hydrogen-bond acceptors (Lipinski definition) is 7. The summed E-state index contributed by atoms with van der Waals surface area (Å²) in [5, 5.41) is 39.6. The molecule has 0 amide bonds. The summed E-state index contributed by atoms with van der Waals surface area (Å²) >= 11 is 6.14. The number of ketones is 3. The molecular formula is C24H15ClN2O7. The van der Waals surface area contributed by atoms with E-state index in [9.17, 15) is 35.2 Å². The molecule has 3 aromatic rings. The molecule has 9 nitrogen and oxygen atoms in total. The number of halogens is 1. The Hall–Kier alpha value is -3.54. The van der Waals surface area contributed by atoms with Crippen LogP contribution in [0.25, 0.3) is 5.57 Å². The van der Waals surface area contributed by atoms with Crippen molar-refractivity contribution in [1.29, 1.82) is 0 Å². The summed E-state index contributed by atoms with van der Waals surface area (Å²) in [4.78, 5) is 40.2. The first kappa shape index (κ1) is 22.3. The van der Waals surface area contributed by atoms with Crippen LogP contribution in [0.1, 0.15) is 48.1 Å². The Morgan fingerprint density at radius 3 is 1.76 bits per heavy atom. The van der Waals surface area contributed by atoms with Crippen LogP contribution >= 0.6 is 11.6 Å². The molecule has 0 bridgehead atoms. The van der Waals surface area contributed by atoms with Crippen LogP contribution in [0.2, 0.25) is 5.02 Å². The van der Waals surface area contributed by atoms with Crippen molar-refractivity contribution in [2.24, 2.45) is 0 Å². The maximum atomic E-state index is 13.5. The number of fused-ring (bicyclic) bond motifs is 2. The highest BCUT2D eigenvalue weighted by molar-refractivity contribution is 6.44. The molecule has 0 spiro atoms. The minimum Gasteiger partial charge on any atom is -0.595 e. The standard InChI is InChI=1S/C24H15ClN2O7/c25-16-9-15(17(26(31)32)10-18(16)27(33)34)20-19(11-5-1-2-6-12(11)22(20)28)21-23(29)13-7-3-4-8-14(13)24(21)30/h1-10,20,26-27,31,33H/t20-/m0/s1. The summed E-state index contributed by atoms with van der Waals surface area (Å²) in [6.45, 7) is 0. The zero-order valence-electron chi connectivity index (χ0n) is 17.2. The van der Waals surface area contributed by atoms with Gasteiger partial charge >= 0.3 is 0 Å². The van der Waals surface area contributed by atoms with Gasteiger partial charge in [0.2, 0.25) is 0 Å². The number of Topliss-reactive ketones (excluding diaryl/α,β-unsaturated/α-hetero) is 3. The van der Waals surface area contributed by atoms with Crippen LogP contribution in [0.15, 0.2) is 66.2 Å². The second-order valence-electron chi connectivity index (χ2n) is 7.86. The van der Waals surface area contributed by atoms with E-state index in [4.69, 9.17) is 11.6 Å². The molecule has 2 aliphatic carbocycles. The van der Waals surface area contributed by atoms with Gasteiger partial charge in [-0.2, -0.15) is 10.5 Å².